The number of sulfonamides is 1. The summed E-state index contributed by atoms with van der Waals surface area (Å²) in [4.78, 5) is 22.4. The van der Waals surface area contributed by atoms with Crippen LogP contribution < -0.4 is 10.1 Å². The third-order valence-electron chi connectivity index (χ3n) is 4.83. The van der Waals surface area contributed by atoms with E-state index in [1.165, 1.54) is 23.7 Å². The molecule has 0 aliphatic carbocycles. The van der Waals surface area contributed by atoms with Gasteiger partial charge in [-0.05, 0) is 31.9 Å². The number of hydrogen-bond donors (Lipinski definition) is 1. The van der Waals surface area contributed by atoms with Crippen LogP contribution in [-0.4, -0.2) is 49.8 Å². The Hall–Kier alpha value is -2.92. The van der Waals surface area contributed by atoms with Gasteiger partial charge in [0, 0.05) is 30.8 Å². The molecule has 29 heavy (non-hydrogen) atoms. The van der Waals surface area contributed by atoms with E-state index in [0.29, 0.717) is 12.8 Å². The first-order valence-electron chi connectivity index (χ1n) is 8.91. The van der Waals surface area contributed by atoms with Crippen molar-refractivity contribution in [2.24, 2.45) is 0 Å². The van der Waals surface area contributed by atoms with Gasteiger partial charge in [-0.15, -0.1) is 0 Å². The van der Waals surface area contributed by atoms with E-state index in [-0.39, 0.29) is 47.1 Å². The summed E-state index contributed by atoms with van der Waals surface area (Å²) in [6.45, 7) is 2.17. The lowest BCUT2D eigenvalue weighted by Crippen LogP contribution is -2.46. The minimum Gasteiger partial charge on any atom is -0.495 e. The Morgan fingerprint density at radius 2 is 2.00 bits per heavy atom. The number of nitrogens with one attached hydrogen (secondary N) is 1. The lowest BCUT2D eigenvalue weighted by Gasteiger charge is -2.31. The number of methoxy groups -OCH3 is 1. The molecule has 11 heteroatoms. The molecule has 1 amide bonds. The number of carbonyl (C=O) groups excluding carboxylic acids is 1. The number of benzene rings is 1. The fourth-order valence-corrected chi connectivity index (χ4v) is 4.83. The smallest absolute Gasteiger partial charge is 0.287 e. The van der Waals surface area contributed by atoms with E-state index in [2.05, 4.69) is 5.32 Å². The van der Waals surface area contributed by atoms with Gasteiger partial charge < -0.3 is 14.5 Å². The number of ether oxygens (including phenoxy) is 1. The number of aryl methyl sites for hydroxylation is 1. The molecule has 1 aliphatic heterocycles. The molecule has 1 aliphatic rings. The summed E-state index contributed by atoms with van der Waals surface area (Å²) in [5.74, 6) is -0.163. The van der Waals surface area contributed by atoms with Crippen LogP contribution in [0.25, 0.3) is 0 Å². The number of rotatable bonds is 6. The van der Waals surface area contributed by atoms with E-state index in [9.17, 15) is 23.3 Å². The average Bonchev–Trinajstić information content (AvgIpc) is 3.13. The van der Waals surface area contributed by atoms with Gasteiger partial charge in [-0.3, -0.25) is 14.9 Å². The maximum atomic E-state index is 13.0. The largest absolute Gasteiger partial charge is 0.495 e. The number of furan rings is 1. The lowest BCUT2D eigenvalue weighted by atomic mass is 10.1. The zero-order chi connectivity index (χ0) is 21.2. The highest BCUT2D eigenvalue weighted by atomic mass is 32.2. The minimum absolute atomic E-state index is 0.0806. The molecule has 156 valence electrons. The van der Waals surface area contributed by atoms with Crippen molar-refractivity contribution in [1.82, 2.24) is 9.62 Å². The first-order valence-corrected chi connectivity index (χ1v) is 10.4. The first-order chi connectivity index (χ1) is 13.7. The second kappa shape index (κ2) is 8.21. The highest BCUT2D eigenvalue weighted by molar-refractivity contribution is 7.89. The van der Waals surface area contributed by atoms with Crippen LogP contribution in [0.3, 0.4) is 0 Å². The van der Waals surface area contributed by atoms with Crippen LogP contribution in [0.2, 0.25) is 0 Å². The van der Waals surface area contributed by atoms with Crippen molar-refractivity contribution in [1.29, 1.82) is 0 Å². The van der Waals surface area contributed by atoms with E-state index in [1.807, 2.05) is 0 Å². The summed E-state index contributed by atoms with van der Waals surface area (Å²) in [5, 5.41) is 13.8. The summed E-state index contributed by atoms with van der Waals surface area (Å²) >= 11 is 0. The number of amides is 1. The fraction of sp³-hybridized carbons (Fsp3) is 0.389. The minimum atomic E-state index is -3.89. The Kier molecular flexibility index (Phi) is 5.89. The van der Waals surface area contributed by atoms with Crippen molar-refractivity contribution < 1.29 is 27.3 Å². The van der Waals surface area contributed by atoms with Gasteiger partial charge in [0.1, 0.15) is 10.6 Å². The van der Waals surface area contributed by atoms with Gasteiger partial charge in [0.2, 0.25) is 10.0 Å². The first kappa shape index (κ1) is 20.8. The van der Waals surface area contributed by atoms with Gasteiger partial charge in [0.15, 0.2) is 5.76 Å². The van der Waals surface area contributed by atoms with Gasteiger partial charge in [-0.1, -0.05) is 0 Å². The zero-order valence-electron chi connectivity index (χ0n) is 16.0. The molecule has 2 aromatic rings. The van der Waals surface area contributed by atoms with E-state index >= 15 is 0 Å². The van der Waals surface area contributed by atoms with Crippen LogP contribution in [0, 0.1) is 17.0 Å². The highest BCUT2D eigenvalue weighted by Gasteiger charge is 2.33. The number of piperidine rings is 1. The highest BCUT2D eigenvalue weighted by Crippen LogP contribution is 2.31. The number of hydrogen-bond acceptors (Lipinski definition) is 7. The molecule has 10 nitrogen and oxygen atoms in total. The summed E-state index contributed by atoms with van der Waals surface area (Å²) in [6.07, 6.45) is 2.30. The monoisotopic (exact) mass is 423 g/mol. The summed E-state index contributed by atoms with van der Waals surface area (Å²) < 4.78 is 37.5. The Labute approximate surface area is 167 Å². The van der Waals surface area contributed by atoms with Gasteiger partial charge in [0.05, 0.1) is 24.4 Å². The summed E-state index contributed by atoms with van der Waals surface area (Å²) in [6, 6.07) is 4.92. The molecule has 1 fully saturated rings. The van der Waals surface area contributed by atoms with Crippen molar-refractivity contribution in [3.63, 3.8) is 0 Å². The van der Waals surface area contributed by atoms with Gasteiger partial charge in [0.25, 0.3) is 11.6 Å². The molecule has 0 bridgehead atoms. The summed E-state index contributed by atoms with van der Waals surface area (Å²) in [7, 11) is -2.63. The molecule has 2 heterocycles. The predicted molar refractivity (Wildman–Crippen MR) is 102 cm³/mol. The SMILES string of the molecule is COc1cc([N+](=O)[O-])ccc1S(=O)(=O)N1CCC(NC(=O)c2occc2C)CC1. The van der Waals surface area contributed by atoms with Gasteiger partial charge >= 0.3 is 0 Å². The molecule has 0 radical (unpaired) electrons. The van der Waals surface area contributed by atoms with E-state index in [4.69, 9.17) is 9.15 Å². The lowest BCUT2D eigenvalue weighted by molar-refractivity contribution is -0.385. The van der Waals surface area contributed by atoms with Crippen molar-refractivity contribution >= 4 is 21.6 Å². The molecule has 1 N–H and O–H groups in total. The van der Waals surface area contributed by atoms with E-state index < -0.39 is 14.9 Å². The molecule has 1 aromatic heterocycles. The van der Waals surface area contributed by atoms with Crippen LogP contribution >= 0.6 is 0 Å². The van der Waals surface area contributed by atoms with Crippen LogP contribution in [0.5, 0.6) is 5.75 Å². The second-order valence-electron chi connectivity index (χ2n) is 6.68. The van der Waals surface area contributed by atoms with Crippen LogP contribution in [0.4, 0.5) is 5.69 Å². The second-order valence-corrected chi connectivity index (χ2v) is 8.58. The molecule has 0 spiro atoms. The molecule has 1 aromatic carbocycles. The normalized spacial score (nSPS) is 15.8. The topological polar surface area (TPSA) is 132 Å². The quantitative estimate of drug-likeness (QED) is 0.556. The maximum Gasteiger partial charge on any atom is 0.287 e. The molecule has 0 atom stereocenters. The van der Waals surface area contributed by atoms with E-state index in [1.54, 1.807) is 13.0 Å². The third-order valence-corrected chi connectivity index (χ3v) is 6.77. The van der Waals surface area contributed by atoms with Crippen molar-refractivity contribution in [3.05, 3.63) is 52.0 Å². The van der Waals surface area contributed by atoms with Crippen LogP contribution in [-0.2, 0) is 10.0 Å². The standard InChI is InChI=1S/C18H21N3O7S/c1-12-7-10-28-17(12)18(22)19-13-5-8-20(9-6-13)29(25,26)16-4-3-14(21(23)24)11-15(16)27-2/h3-4,7,10-11,13H,5-6,8-9H2,1-2H3,(H,19,22). The molecule has 0 unspecified atom stereocenters. The zero-order valence-corrected chi connectivity index (χ0v) is 16.8. The Morgan fingerprint density at radius 3 is 2.55 bits per heavy atom. The van der Waals surface area contributed by atoms with Gasteiger partial charge in [-0.25, -0.2) is 8.42 Å². The fourth-order valence-electron chi connectivity index (χ4n) is 3.22. The Morgan fingerprint density at radius 1 is 1.31 bits per heavy atom. The van der Waals surface area contributed by atoms with Gasteiger partial charge in [-0.2, -0.15) is 4.31 Å². The molecule has 3 rings (SSSR count). The average molecular weight is 423 g/mol. The molecule has 1 saturated heterocycles. The Balaban J connectivity index is 1.69. The number of nitrogens with zero attached hydrogens (tertiary/aromatic N) is 2. The number of nitro benzene ring substituents is 1. The third kappa shape index (κ3) is 4.25. The number of nitro groups is 1. The van der Waals surface area contributed by atoms with Crippen molar-refractivity contribution in [3.8, 4) is 5.75 Å². The molecular weight excluding hydrogens is 402 g/mol. The van der Waals surface area contributed by atoms with Crippen LogP contribution in [0.1, 0.15) is 29.0 Å². The summed E-state index contributed by atoms with van der Waals surface area (Å²) in [5.41, 5.74) is 0.475. The van der Waals surface area contributed by atoms with Crippen LogP contribution in [0.15, 0.2) is 39.8 Å². The maximum absolute atomic E-state index is 13.0. The number of non-ortho nitro benzene ring substituents is 1. The van der Waals surface area contributed by atoms with Crippen molar-refractivity contribution in [2.45, 2.75) is 30.7 Å². The van der Waals surface area contributed by atoms with Crippen molar-refractivity contribution in [2.75, 3.05) is 20.2 Å². The molecule has 0 saturated carbocycles. The predicted octanol–water partition coefficient (Wildman–Crippen LogP) is 2.09. The van der Waals surface area contributed by atoms with E-state index in [0.717, 1.165) is 17.7 Å². The Bertz CT molecular complexity index is 1020. The molecular formula is C18H21N3O7S. The number of carbonyl (C=O) groups is 1.